The number of benzene rings is 18. The summed E-state index contributed by atoms with van der Waals surface area (Å²) in [6.45, 7) is 0. The summed E-state index contributed by atoms with van der Waals surface area (Å²) >= 11 is 0. The van der Waals surface area contributed by atoms with Crippen LogP contribution in [0.2, 0.25) is 0 Å². The van der Waals surface area contributed by atoms with E-state index in [0.717, 1.165) is 17.1 Å². The maximum Gasteiger partial charge on any atom is 0.0547 e. The zero-order valence-corrected chi connectivity index (χ0v) is 55.3. The maximum atomic E-state index is 2.57. The van der Waals surface area contributed by atoms with Crippen molar-refractivity contribution >= 4 is 141 Å². The van der Waals surface area contributed by atoms with Crippen LogP contribution in [0.5, 0.6) is 0 Å². The van der Waals surface area contributed by atoms with E-state index in [1.165, 1.54) is 202 Å². The minimum absolute atomic E-state index is 1.16. The lowest BCUT2D eigenvalue weighted by Crippen LogP contribution is -1.97. The molecule has 4 nitrogen and oxygen atoms in total. The average Bonchev–Trinajstić information content (AvgIpc) is 1.54. The smallest absolute Gasteiger partial charge is 0.0547 e. The molecule has 0 unspecified atom stereocenters. The van der Waals surface area contributed by atoms with Crippen molar-refractivity contribution in [2.45, 2.75) is 0 Å². The molecule has 1 aliphatic carbocycles. The number of para-hydroxylation sites is 5. The van der Waals surface area contributed by atoms with E-state index < -0.39 is 0 Å². The van der Waals surface area contributed by atoms with Gasteiger partial charge in [-0.1, -0.05) is 249 Å². The fourth-order valence-corrected chi connectivity index (χ4v) is 18.3. The van der Waals surface area contributed by atoms with Crippen molar-refractivity contribution in [2.24, 2.45) is 0 Å². The van der Waals surface area contributed by atoms with Crippen molar-refractivity contribution in [3.63, 3.8) is 0 Å². The Bertz CT molecular complexity index is 7390. The summed E-state index contributed by atoms with van der Waals surface area (Å²) in [5.74, 6) is 0. The standard InChI is InChI=1S/C98H58N4/c1-3-21-64(22-4-1)99-86-37-16-14-31-73(86)83-53-59(44-50-90(83)99)61-41-46-75-71-29-13-18-39-88(71)102(93(75)56-61)95-58-85-70-28-10-9-27-69(70)82-55-63(43-47-79(82)97(85)77-33-12-11-30-72(77)95)66-34-20-40-92-98(66)81-48-42-62(60-45-51-91-84(54-60)74-32-15-17-38-87(74)100(91)65-23-5-2-6-24-65)57-94(81)101(92)89-52-49-78-68-26-8-7-25-67(68)76-35-19-36-80(89)96(76)78/h1-58H. The Morgan fingerprint density at radius 3 is 1.18 bits per heavy atom. The van der Waals surface area contributed by atoms with Gasteiger partial charge in [0.1, 0.15) is 0 Å². The monoisotopic (exact) mass is 1290 g/mol. The lowest BCUT2D eigenvalue weighted by molar-refractivity contribution is 1.18. The predicted octanol–water partition coefficient (Wildman–Crippen LogP) is 26.5. The average molecular weight is 1290 g/mol. The highest BCUT2D eigenvalue weighted by Gasteiger charge is 2.27. The first-order chi connectivity index (χ1) is 50.6. The topological polar surface area (TPSA) is 19.7 Å². The van der Waals surface area contributed by atoms with Gasteiger partial charge >= 0.3 is 0 Å². The molecule has 102 heavy (non-hydrogen) atoms. The van der Waals surface area contributed by atoms with Gasteiger partial charge in [-0.05, 0) is 202 Å². The highest BCUT2D eigenvalue weighted by molar-refractivity contribution is 6.34. The van der Waals surface area contributed by atoms with Crippen molar-refractivity contribution in [3.8, 4) is 78.4 Å². The molecular formula is C98H58N4. The zero-order valence-electron chi connectivity index (χ0n) is 55.3. The summed E-state index contributed by atoms with van der Waals surface area (Å²) in [5.41, 5.74) is 26.4. The molecule has 470 valence electrons. The van der Waals surface area contributed by atoms with Crippen LogP contribution in [0.1, 0.15) is 0 Å². The van der Waals surface area contributed by atoms with Crippen LogP contribution in [0, 0.1) is 0 Å². The molecule has 4 heteroatoms. The molecule has 0 saturated carbocycles. The van der Waals surface area contributed by atoms with Crippen LogP contribution in [0.15, 0.2) is 352 Å². The Balaban J connectivity index is 0.721. The third kappa shape index (κ3) is 7.70. The Kier molecular flexibility index (Phi) is 11.4. The molecule has 22 aromatic rings. The summed E-state index contributed by atoms with van der Waals surface area (Å²) in [5, 5.41) is 22.3. The van der Waals surface area contributed by atoms with E-state index in [4.69, 9.17) is 0 Å². The number of fused-ring (bicyclic) bond motifs is 23. The van der Waals surface area contributed by atoms with Crippen LogP contribution >= 0.6 is 0 Å². The summed E-state index contributed by atoms with van der Waals surface area (Å²) in [7, 11) is 0. The van der Waals surface area contributed by atoms with E-state index in [9.17, 15) is 0 Å². The molecule has 0 N–H and O–H groups in total. The lowest BCUT2D eigenvalue weighted by Gasteiger charge is -2.18. The third-order valence-electron chi connectivity index (χ3n) is 22.6. The first kappa shape index (κ1) is 55.5. The van der Waals surface area contributed by atoms with Gasteiger partial charge in [0.05, 0.1) is 55.5 Å². The van der Waals surface area contributed by atoms with Crippen molar-refractivity contribution in [1.82, 2.24) is 18.3 Å². The molecule has 0 saturated heterocycles. The first-order valence-electron chi connectivity index (χ1n) is 35.4. The second-order valence-corrected chi connectivity index (χ2v) is 27.8. The second kappa shape index (κ2) is 21.0. The molecule has 18 aromatic carbocycles. The summed E-state index contributed by atoms with van der Waals surface area (Å²) in [6, 6.07) is 132. The Morgan fingerprint density at radius 2 is 0.529 bits per heavy atom. The quantitative estimate of drug-likeness (QED) is 0.142. The SMILES string of the molecule is c1ccc(-n2c3ccccc3c3cc(-c4ccc5c6ccccc6n(-c6cc7c8ccccc8c8cc(-c9cccc%10c9c9ccc(-c%11ccc%12c(c%11)c%11ccccc%11n%12-c%11ccccc%11)cc9n%10-c9ccc%10c%11c(cccc9%11)-c9ccccc9-%10)ccc8c7c7ccccc67)c5c4)ccc32)cc1. The summed E-state index contributed by atoms with van der Waals surface area (Å²) in [4.78, 5) is 0. The molecule has 0 radical (unpaired) electrons. The maximum absolute atomic E-state index is 2.57. The van der Waals surface area contributed by atoms with E-state index in [-0.39, 0.29) is 0 Å². The molecule has 4 aromatic heterocycles. The molecule has 4 heterocycles. The van der Waals surface area contributed by atoms with Gasteiger partial charge in [-0.15, -0.1) is 0 Å². The Morgan fingerprint density at radius 1 is 0.137 bits per heavy atom. The van der Waals surface area contributed by atoms with Crippen molar-refractivity contribution in [3.05, 3.63) is 352 Å². The first-order valence-corrected chi connectivity index (χ1v) is 35.4. The fraction of sp³-hybridized carbons (Fsp3) is 0. The number of rotatable bonds is 7. The van der Waals surface area contributed by atoms with Gasteiger partial charge in [-0.2, -0.15) is 0 Å². The van der Waals surface area contributed by atoms with Crippen molar-refractivity contribution < 1.29 is 0 Å². The van der Waals surface area contributed by atoms with Crippen LogP contribution < -0.4 is 0 Å². The van der Waals surface area contributed by atoms with E-state index in [1.54, 1.807) is 0 Å². The van der Waals surface area contributed by atoms with E-state index >= 15 is 0 Å². The molecule has 0 amide bonds. The number of hydrogen-bond donors (Lipinski definition) is 0. The van der Waals surface area contributed by atoms with Gasteiger partial charge in [0.2, 0.25) is 0 Å². The van der Waals surface area contributed by atoms with E-state index in [2.05, 4.69) is 370 Å². The molecule has 0 atom stereocenters. The predicted molar refractivity (Wildman–Crippen MR) is 432 cm³/mol. The van der Waals surface area contributed by atoms with Crippen molar-refractivity contribution in [1.29, 1.82) is 0 Å². The Hall–Kier alpha value is -13.5. The van der Waals surface area contributed by atoms with Gasteiger partial charge in [0.25, 0.3) is 0 Å². The summed E-state index contributed by atoms with van der Waals surface area (Å²) in [6.07, 6.45) is 0. The van der Waals surface area contributed by atoms with Crippen LogP contribution in [-0.4, -0.2) is 18.3 Å². The van der Waals surface area contributed by atoms with Crippen LogP contribution in [0.25, 0.3) is 219 Å². The zero-order chi connectivity index (χ0) is 66.4. The number of nitrogens with zero attached hydrogens (tertiary/aromatic N) is 4. The Labute approximate surface area is 585 Å². The van der Waals surface area contributed by atoms with Crippen molar-refractivity contribution in [2.75, 3.05) is 0 Å². The molecule has 23 rings (SSSR count). The van der Waals surface area contributed by atoms with Gasteiger partial charge < -0.3 is 18.3 Å². The van der Waals surface area contributed by atoms with Crippen LogP contribution in [-0.2, 0) is 0 Å². The van der Waals surface area contributed by atoms with E-state index in [0.29, 0.717) is 0 Å². The molecule has 0 bridgehead atoms. The molecule has 0 spiro atoms. The van der Waals surface area contributed by atoms with Crippen LogP contribution in [0.3, 0.4) is 0 Å². The minimum Gasteiger partial charge on any atom is -0.309 e. The van der Waals surface area contributed by atoms with Gasteiger partial charge in [-0.3, -0.25) is 0 Å². The van der Waals surface area contributed by atoms with Gasteiger partial charge in [-0.25, -0.2) is 0 Å². The largest absolute Gasteiger partial charge is 0.309 e. The number of hydrogen-bond acceptors (Lipinski definition) is 0. The molecular weight excluding hydrogens is 1230 g/mol. The van der Waals surface area contributed by atoms with E-state index in [1.807, 2.05) is 0 Å². The molecule has 0 aliphatic heterocycles. The van der Waals surface area contributed by atoms with Crippen LogP contribution in [0.4, 0.5) is 0 Å². The lowest BCUT2D eigenvalue weighted by atomic mass is 9.88. The third-order valence-corrected chi connectivity index (χ3v) is 22.6. The van der Waals surface area contributed by atoms with Gasteiger partial charge in [0, 0.05) is 65.2 Å². The second-order valence-electron chi connectivity index (χ2n) is 27.8. The normalized spacial score (nSPS) is 12.3. The minimum atomic E-state index is 1.16. The molecule has 0 fully saturated rings. The number of aromatic nitrogens is 4. The highest BCUT2D eigenvalue weighted by Crippen LogP contribution is 2.52. The highest BCUT2D eigenvalue weighted by atomic mass is 15.0. The van der Waals surface area contributed by atoms with Gasteiger partial charge in [0.15, 0.2) is 0 Å². The molecule has 1 aliphatic rings. The summed E-state index contributed by atoms with van der Waals surface area (Å²) < 4.78 is 9.91. The fourth-order valence-electron chi connectivity index (χ4n) is 18.3.